The van der Waals surface area contributed by atoms with Crippen molar-refractivity contribution in [1.82, 2.24) is 0 Å². The molecule has 0 amide bonds. The number of rotatable bonds is 6. The van der Waals surface area contributed by atoms with Gasteiger partial charge in [0.25, 0.3) is 0 Å². The van der Waals surface area contributed by atoms with Crippen LogP contribution in [0.2, 0.25) is 0 Å². The van der Waals surface area contributed by atoms with Crippen molar-refractivity contribution in [1.29, 1.82) is 0 Å². The molecule has 1 atom stereocenters. The van der Waals surface area contributed by atoms with E-state index in [-0.39, 0.29) is 24.1 Å². The van der Waals surface area contributed by atoms with E-state index in [9.17, 15) is 17.9 Å². The Morgan fingerprint density at radius 3 is 2.65 bits per heavy atom. The van der Waals surface area contributed by atoms with Crippen molar-refractivity contribution in [3.63, 3.8) is 0 Å². The van der Waals surface area contributed by atoms with Gasteiger partial charge in [0, 0.05) is 24.5 Å². The van der Waals surface area contributed by atoms with Gasteiger partial charge in [0.05, 0.1) is 0 Å². The minimum atomic E-state index is -2.97. The molecule has 96 valence electrons. The highest BCUT2D eigenvalue weighted by atomic mass is 32.2. The summed E-state index contributed by atoms with van der Waals surface area (Å²) in [4.78, 5) is 0. The summed E-state index contributed by atoms with van der Waals surface area (Å²) in [6, 6.07) is 6.05. The molecular weight excluding hydrogens is 243 g/mol. The summed E-state index contributed by atoms with van der Waals surface area (Å²) in [6.45, 7) is -0.104. The molecule has 0 bridgehead atoms. The van der Waals surface area contributed by atoms with Gasteiger partial charge in [0.1, 0.15) is 15.7 Å². The van der Waals surface area contributed by atoms with Gasteiger partial charge in [-0.25, -0.2) is 12.8 Å². The average Bonchev–Trinajstić information content (AvgIpc) is 2.23. The Morgan fingerprint density at radius 1 is 1.41 bits per heavy atom. The maximum Gasteiger partial charge on any atom is 0.147 e. The molecule has 1 N–H and O–H groups in total. The Morgan fingerprint density at radius 2 is 2.12 bits per heavy atom. The summed E-state index contributed by atoms with van der Waals surface area (Å²) in [5.41, 5.74) is 0.709. The van der Waals surface area contributed by atoms with Gasteiger partial charge in [-0.3, -0.25) is 0 Å². The molecule has 0 aliphatic heterocycles. The van der Waals surface area contributed by atoms with Crippen molar-refractivity contribution in [2.45, 2.75) is 18.8 Å². The number of aliphatic hydroxyl groups is 1. The van der Waals surface area contributed by atoms with Crippen LogP contribution in [0.15, 0.2) is 24.3 Å². The molecule has 0 aliphatic rings. The second-order valence-corrected chi connectivity index (χ2v) is 6.47. The first-order valence-corrected chi connectivity index (χ1v) is 7.52. The number of hydrogen-bond donors (Lipinski definition) is 1. The first-order chi connectivity index (χ1) is 7.92. The van der Waals surface area contributed by atoms with Crippen LogP contribution in [0.3, 0.4) is 0 Å². The fourth-order valence-electron chi connectivity index (χ4n) is 1.72. The summed E-state index contributed by atoms with van der Waals surface area (Å²) in [5.74, 6) is -0.449. The maximum atomic E-state index is 13.0. The van der Waals surface area contributed by atoms with Gasteiger partial charge >= 0.3 is 0 Å². The number of halogens is 1. The number of sulfone groups is 1. The normalized spacial score (nSPS) is 13.6. The number of benzene rings is 1. The van der Waals surface area contributed by atoms with E-state index in [2.05, 4.69) is 0 Å². The maximum absolute atomic E-state index is 13.0. The van der Waals surface area contributed by atoms with E-state index < -0.39 is 9.84 Å². The monoisotopic (exact) mass is 260 g/mol. The van der Waals surface area contributed by atoms with Gasteiger partial charge in [-0.1, -0.05) is 12.1 Å². The molecule has 1 unspecified atom stereocenters. The minimum absolute atomic E-state index is 0.0960. The Hall–Kier alpha value is -0.940. The lowest BCUT2D eigenvalue weighted by Gasteiger charge is -2.14. The van der Waals surface area contributed by atoms with E-state index in [4.69, 9.17) is 0 Å². The third-order valence-corrected chi connectivity index (χ3v) is 3.64. The summed E-state index contributed by atoms with van der Waals surface area (Å²) < 4.78 is 34.9. The van der Waals surface area contributed by atoms with Crippen LogP contribution in [-0.4, -0.2) is 32.1 Å². The van der Waals surface area contributed by atoms with Gasteiger partial charge in [0.2, 0.25) is 0 Å². The van der Waals surface area contributed by atoms with Gasteiger partial charge in [-0.2, -0.15) is 0 Å². The number of hydrogen-bond acceptors (Lipinski definition) is 3. The van der Waals surface area contributed by atoms with Crippen LogP contribution in [-0.2, 0) is 9.84 Å². The molecule has 1 rings (SSSR count). The van der Waals surface area contributed by atoms with E-state index in [0.717, 1.165) is 0 Å². The molecule has 0 radical (unpaired) electrons. The lowest BCUT2D eigenvalue weighted by atomic mass is 9.95. The van der Waals surface area contributed by atoms with Gasteiger partial charge in [-0.05, 0) is 30.5 Å². The zero-order valence-electron chi connectivity index (χ0n) is 9.77. The van der Waals surface area contributed by atoms with Crippen molar-refractivity contribution >= 4 is 9.84 Å². The third-order valence-electron chi connectivity index (χ3n) is 2.61. The van der Waals surface area contributed by atoms with Crippen LogP contribution in [0, 0.1) is 5.82 Å². The zero-order chi connectivity index (χ0) is 12.9. The predicted molar refractivity (Wildman–Crippen MR) is 65.2 cm³/mol. The van der Waals surface area contributed by atoms with Gasteiger partial charge < -0.3 is 5.11 Å². The lowest BCUT2D eigenvalue weighted by molar-refractivity contribution is 0.258. The molecule has 0 fully saturated rings. The summed E-state index contributed by atoms with van der Waals surface area (Å²) >= 11 is 0. The predicted octanol–water partition coefficient (Wildman–Crippen LogP) is 1.73. The molecule has 0 spiro atoms. The zero-order valence-corrected chi connectivity index (χ0v) is 10.6. The fourth-order valence-corrected chi connectivity index (χ4v) is 2.41. The summed E-state index contributed by atoms with van der Waals surface area (Å²) in [7, 11) is -2.97. The molecular formula is C12H17FO3S. The Labute approximate surface area is 101 Å². The van der Waals surface area contributed by atoms with Gasteiger partial charge in [0.15, 0.2) is 0 Å². The van der Waals surface area contributed by atoms with Crippen molar-refractivity contribution < 1.29 is 17.9 Å². The molecule has 3 nitrogen and oxygen atoms in total. The lowest BCUT2D eigenvalue weighted by Crippen LogP contribution is -2.09. The second-order valence-electron chi connectivity index (χ2n) is 4.21. The van der Waals surface area contributed by atoms with E-state index in [1.807, 2.05) is 0 Å². The van der Waals surface area contributed by atoms with Crippen molar-refractivity contribution in [2.75, 3.05) is 18.6 Å². The quantitative estimate of drug-likeness (QED) is 0.847. The highest BCUT2D eigenvalue weighted by Crippen LogP contribution is 2.21. The Bertz CT molecular complexity index is 457. The van der Waals surface area contributed by atoms with Crippen LogP contribution >= 0.6 is 0 Å². The van der Waals surface area contributed by atoms with Crippen LogP contribution in [0.5, 0.6) is 0 Å². The van der Waals surface area contributed by atoms with Crippen molar-refractivity contribution in [3.05, 3.63) is 35.6 Å². The molecule has 5 heteroatoms. The standard InChI is InChI=1S/C12H17FO3S/c1-17(15,16)7-3-5-11(9-14)10-4-2-6-12(13)8-10/h2,4,6,8,11,14H,3,5,7,9H2,1H3. The molecule has 1 aromatic carbocycles. The second kappa shape index (κ2) is 6.12. The van der Waals surface area contributed by atoms with Crippen LogP contribution in [0.4, 0.5) is 4.39 Å². The van der Waals surface area contributed by atoms with Crippen molar-refractivity contribution in [2.24, 2.45) is 0 Å². The first kappa shape index (κ1) is 14.1. The highest BCUT2D eigenvalue weighted by Gasteiger charge is 2.12. The molecule has 0 aliphatic carbocycles. The van der Waals surface area contributed by atoms with E-state index >= 15 is 0 Å². The molecule has 0 aromatic heterocycles. The van der Waals surface area contributed by atoms with E-state index in [1.165, 1.54) is 18.4 Å². The average molecular weight is 260 g/mol. The van der Waals surface area contributed by atoms with Crippen LogP contribution < -0.4 is 0 Å². The van der Waals surface area contributed by atoms with Crippen molar-refractivity contribution in [3.8, 4) is 0 Å². The highest BCUT2D eigenvalue weighted by molar-refractivity contribution is 7.90. The topological polar surface area (TPSA) is 54.4 Å². The smallest absolute Gasteiger partial charge is 0.147 e. The van der Waals surface area contributed by atoms with Gasteiger partial charge in [-0.15, -0.1) is 0 Å². The Kier molecular flexibility index (Phi) is 5.08. The third kappa shape index (κ3) is 5.28. The molecule has 0 heterocycles. The largest absolute Gasteiger partial charge is 0.396 e. The van der Waals surface area contributed by atoms with Crippen LogP contribution in [0.25, 0.3) is 0 Å². The number of aliphatic hydroxyl groups excluding tert-OH is 1. The fraction of sp³-hybridized carbons (Fsp3) is 0.500. The molecule has 1 aromatic rings. The summed E-state index contributed by atoms with van der Waals surface area (Å²) in [6.07, 6.45) is 2.19. The molecule has 17 heavy (non-hydrogen) atoms. The Balaban J connectivity index is 2.60. The molecule has 0 saturated heterocycles. The first-order valence-electron chi connectivity index (χ1n) is 5.46. The minimum Gasteiger partial charge on any atom is -0.396 e. The van der Waals surface area contributed by atoms with Crippen LogP contribution in [0.1, 0.15) is 24.3 Å². The van der Waals surface area contributed by atoms with E-state index in [1.54, 1.807) is 12.1 Å². The SMILES string of the molecule is CS(=O)(=O)CCCC(CO)c1cccc(F)c1. The van der Waals surface area contributed by atoms with E-state index in [0.29, 0.717) is 18.4 Å². The molecule has 0 saturated carbocycles. The summed E-state index contributed by atoms with van der Waals surface area (Å²) in [5, 5.41) is 9.23.